The summed E-state index contributed by atoms with van der Waals surface area (Å²) in [6.07, 6.45) is 5.06. The first-order valence-corrected chi connectivity index (χ1v) is 8.76. The Balaban J connectivity index is 0.000000143. The average Bonchev–Trinajstić information content (AvgIpc) is 3.21. The summed E-state index contributed by atoms with van der Waals surface area (Å²) in [5.74, 6) is 1.21. The quantitative estimate of drug-likeness (QED) is 0.431. The van der Waals surface area contributed by atoms with Gasteiger partial charge in [-0.15, -0.1) is 0 Å². The zero-order valence-corrected chi connectivity index (χ0v) is 15.9. The Morgan fingerprint density at radius 3 is 2.83 bits per heavy atom. The van der Waals surface area contributed by atoms with Crippen LogP contribution in [-0.2, 0) is 0 Å². The van der Waals surface area contributed by atoms with Gasteiger partial charge < -0.3 is 14.9 Å². The van der Waals surface area contributed by atoms with Crippen molar-refractivity contribution in [2.75, 3.05) is 6.61 Å². The fraction of sp³-hybridized carbons (Fsp3) is 0.125. The predicted octanol–water partition coefficient (Wildman–Crippen LogP) is 4.71. The van der Waals surface area contributed by atoms with E-state index in [1.807, 2.05) is 31.3 Å². The van der Waals surface area contributed by atoms with Gasteiger partial charge in [-0.05, 0) is 57.0 Å². The molecule has 0 amide bonds. The highest BCUT2D eigenvalue weighted by Crippen LogP contribution is 2.27. The molecule has 0 fully saturated rings. The molecule has 0 radical (unpaired) electrons. The number of aromatic nitrogens is 4. The number of H-pyrrole nitrogens is 1. The zero-order valence-electron chi connectivity index (χ0n) is 12.7. The lowest BCUT2D eigenvalue weighted by Gasteiger charge is -2.04. The van der Waals surface area contributed by atoms with E-state index >= 15 is 0 Å². The van der Waals surface area contributed by atoms with E-state index in [1.54, 1.807) is 18.5 Å². The number of rotatable bonds is 2. The van der Waals surface area contributed by atoms with Gasteiger partial charge in [-0.25, -0.2) is 4.98 Å². The van der Waals surface area contributed by atoms with Crippen molar-refractivity contribution in [3.63, 3.8) is 0 Å². The van der Waals surface area contributed by atoms with E-state index in [1.165, 1.54) is 0 Å². The number of pyridine rings is 2. The molecule has 6 nitrogen and oxygen atoms in total. The van der Waals surface area contributed by atoms with E-state index < -0.39 is 0 Å². The molecule has 0 aliphatic carbocycles. The fourth-order valence-corrected chi connectivity index (χ4v) is 3.13. The maximum Gasteiger partial charge on any atom is 0.216 e. The van der Waals surface area contributed by atoms with E-state index in [0.717, 1.165) is 30.3 Å². The number of halogens is 2. The topological polar surface area (TPSA) is 76.0 Å². The molecule has 0 saturated carbocycles. The average molecular weight is 454 g/mol. The molecule has 2 aromatic heterocycles. The van der Waals surface area contributed by atoms with Crippen molar-refractivity contribution in [3.05, 3.63) is 51.8 Å². The van der Waals surface area contributed by atoms with Crippen molar-refractivity contribution in [1.82, 2.24) is 19.7 Å². The molecule has 2 aliphatic rings. The minimum absolute atomic E-state index is 0.569. The Morgan fingerprint density at radius 1 is 1.25 bits per heavy atom. The minimum atomic E-state index is 0.569. The summed E-state index contributed by atoms with van der Waals surface area (Å²) >= 11 is 6.80. The monoisotopic (exact) mass is 452 g/mol. The van der Waals surface area contributed by atoms with Crippen LogP contribution >= 0.6 is 31.9 Å². The second-order valence-corrected chi connectivity index (χ2v) is 6.51. The van der Waals surface area contributed by atoms with E-state index in [0.29, 0.717) is 18.3 Å². The number of hydrogen-bond acceptors (Lipinski definition) is 4. The van der Waals surface area contributed by atoms with Gasteiger partial charge in [-0.1, -0.05) is 0 Å². The van der Waals surface area contributed by atoms with Crippen molar-refractivity contribution in [1.29, 1.82) is 0 Å². The summed E-state index contributed by atoms with van der Waals surface area (Å²) in [7, 11) is 0. The number of nitrogens with zero attached hydrogens (tertiary/aromatic N) is 3. The molecule has 4 heterocycles. The van der Waals surface area contributed by atoms with Gasteiger partial charge in [0.25, 0.3) is 0 Å². The largest absolute Gasteiger partial charge is 0.478 e. The molecule has 0 unspecified atom stereocenters. The van der Waals surface area contributed by atoms with Crippen LogP contribution < -0.4 is 4.74 Å². The van der Waals surface area contributed by atoms with E-state index in [-0.39, 0.29) is 0 Å². The lowest BCUT2D eigenvalue weighted by Crippen LogP contribution is -1.97. The van der Waals surface area contributed by atoms with Gasteiger partial charge in [0.15, 0.2) is 5.82 Å². The van der Waals surface area contributed by atoms with Crippen LogP contribution in [0.1, 0.15) is 6.92 Å². The Morgan fingerprint density at radius 2 is 2.08 bits per heavy atom. The number of fused-ring (bicyclic) bond motifs is 2. The van der Waals surface area contributed by atoms with Crippen LogP contribution in [0.2, 0.25) is 0 Å². The molecule has 124 valence electrons. The molecular weight excluding hydrogens is 440 g/mol. The van der Waals surface area contributed by atoms with Crippen molar-refractivity contribution in [2.24, 2.45) is 0 Å². The third-order valence-corrected chi connectivity index (χ3v) is 4.61. The second-order valence-electron chi connectivity index (χ2n) is 4.81. The molecule has 0 atom stereocenters. The molecule has 0 aromatic carbocycles. The van der Waals surface area contributed by atoms with Crippen molar-refractivity contribution >= 4 is 42.9 Å². The van der Waals surface area contributed by atoms with Crippen LogP contribution in [0.4, 0.5) is 0 Å². The lowest BCUT2D eigenvalue weighted by atomic mass is 10.3. The van der Waals surface area contributed by atoms with Gasteiger partial charge in [0.1, 0.15) is 5.65 Å². The maximum absolute atomic E-state index is 9.22. The summed E-state index contributed by atoms with van der Waals surface area (Å²) in [6, 6.07) is 7.46. The van der Waals surface area contributed by atoms with Crippen LogP contribution in [0.5, 0.6) is 5.88 Å². The standard InChI is InChI=1S/C9H9BrN2O.C7H5BrN2O/c1-2-13-8-5-7(10)6-3-4-11-9(6)12-8;8-6-2-4-10(11)7-5(6)1-3-9-7/h3-5H,2H2,1H3,(H,11,12);1-4,11H. The normalized spacial score (nSPS) is 10.6. The summed E-state index contributed by atoms with van der Waals surface area (Å²) in [5.41, 5.74) is 1.76. The fourth-order valence-electron chi connectivity index (χ4n) is 2.19. The summed E-state index contributed by atoms with van der Waals surface area (Å²) in [4.78, 5) is 11.3. The number of aromatic amines is 1. The van der Waals surface area contributed by atoms with Gasteiger partial charge in [0.05, 0.1) is 6.61 Å². The summed E-state index contributed by atoms with van der Waals surface area (Å²) < 4.78 is 8.25. The van der Waals surface area contributed by atoms with Crippen molar-refractivity contribution < 1.29 is 9.94 Å². The molecule has 4 rings (SSSR count). The molecule has 0 spiro atoms. The first kappa shape index (κ1) is 16.8. The van der Waals surface area contributed by atoms with Crippen LogP contribution in [-0.4, -0.2) is 31.5 Å². The third kappa shape index (κ3) is 3.39. The van der Waals surface area contributed by atoms with Gasteiger partial charge in [-0.2, -0.15) is 9.71 Å². The SMILES string of the molecule is CCOc1cc(Br)c2cc[nH]c2n1.On1ccc(Br)c2ccnc1-2. The summed E-state index contributed by atoms with van der Waals surface area (Å²) in [5, 5.41) is 10.3. The molecular formula is C16H14Br2N4O2. The van der Waals surface area contributed by atoms with Crippen molar-refractivity contribution in [3.8, 4) is 17.3 Å². The first-order valence-electron chi connectivity index (χ1n) is 7.17. The number of nitrogens with one attached hydrogen (secondary N) is 1. The molecule has 8 heteroatoms. The maximum atomic E-state index is 9.22. The van der Waals surface area contributed by atoms with Crippen LogP contribution in [0.15, 0.2) is 51.8 Å². The lowest BCUT2D eigenvalue weighted by molar-refractivity contribution is 0.186. The smallest absolute Gasteiger partial charge is 0.216 e. The molecule has 0 saturated heterocycles. The Kier molecular flexibility index (Phi) is 5.06. The molecule has 2 aromatic rings. The molecule has 0 bridgehead atoms. The van der Waals surface area contributed by atoms with Crippen LogP contribution in [0.25, 0.3) is 22.4 Å². The van der Waals surface area contributed by atoms with Crippen LogP contribution in [0.3, 0.4) is 0 Å². The number of hydrogen-bond donors (Lipinski definition) is 2. The van der Waals surface area contributed by atoms with E-state index in [4.69, 9.17) is 4.74 Å². The van der Waals surface area contributed by atoms with Gasteiger partial charge >= 0.3 is 0 Å². The number of ether oxygens (including phenoxy) is 1. The second kappa shape index (κ2) is 7.23. The highest BCUT2D eigenvalue weighted by Gasteiger charge is 2.10. The highest BCUT2D eigenvalue weighted by atomic mass is 79.9. The predicted molar refractivity (Wildman–Crippen MR) is 98.7 cm³/mol. The van der Waals surface area contributed by atoms with Crippen molar-refractivity contribution in [2.45, 2.75) is 6.92 Å². The molecule has 2 aliphatic heterocycles. The highest BCUT2D eigenvalue weighted by molar-refractivity contribution is 9.11. The third-order valence-electron chi connectivity index (χ3n) is 3.26. The Labute approximate surface area is 155 Å². The first-order chi connectivity index (χ1) is 11.6. The molecule has 2 N–H and O–H groups in total. The van der Waals surface area contributed by atoms with Crippen LogP contribution in [0, 0.1) is 0 Å². The van der Waals surface area contributed by atoms with Gasteiger partial charge in [0.2, 0.25) is 5.88 Å². The molecule has 24 heavy (non-hydrogen) atoms. The van der Waals surface area contributed by atoms with E-state index in [9.17, 15) is 5.21 Å². The van der Waals surface area contributed by atoms with Gasteiger partial charge in [0, 0.05) is 44.6 Å². The Bertz CT molecular complexity index is 902. The van der Waals surface area contributed by atoms with Gasteiger partial charge in [-0.3, -0.25) is 0 Å². The minimum Gasteiger partial charge on any atom is -0.478 e. The summed E-state index contributed by atoms with van der Waals surface area (Å²) in [6.45, 7) is 2.57. The Hall–Kier alpha value is -2.06. The zero-order chi connectivity index (χ0) is 17.1. The van der Waals surface area contributed by atoms with E-state index in [2.05, 4.69) is 46.8 Å².